The lowest BCUT2D eigenvalue weighted by Crippen LogP contribution is -2.39. The summed E-state index contributed by atoms with van der Waals surface area (Å²) in [6.45, 7) is 3.52. The predicted octanol–water partition coefficient (Wildman–Crippen LogP) is 3.05. The Balaban J connectivity index is 2.95. The second-order valence-electron chi connectivity index (χ2n) is 4.36. The van der Waals surface area contributed by atoms with Crippen LogP contribution in [0.3, 0.4) is 0 Å². The lowest BCUT2D eigenvalue weighted by atomic mass is 9.94. The van der Waals surface area contributed by atoms with Crippen molar-refractivity contribution in [2.45, 2.75) is 13.8 Å². The summed E-state index contributed by atoms with van der Waals surface area (Å²) in [4.78, 5) is 13.4. The maximum Gasteiger partial charge on any atom is 0.233 e. The van der Waals surface area contributed by atoms with Crippen LogP contribution in [0.5, 0.6) is 0 Å². The van der Waals surface area contributed by atoms with Gasteiger partial charge in [0.05, 0.1) is 5.41 Å². The highest BCUT2D eigenvalue weighted by atomic mass is 35.5. The molecule has 0 aliphatic carbocycles. The Bertz CT molecular complexity index is 392. The third-order valence-electron chi connectivity index (χ3n) is 2.41. The van der Waals surface area contributed by atoms with E-state index in [0.717, 1.165) is 0 Å². The molecule has 0 aromatic heterocycles. The molecule has 0 heterocycles. The van der Waals surface area contributed by atoms with Crippen LogP contribution in [0, 0.1) is 11.2 Å². The van der Waals surface area contributed by atoms with Crippen LogP contribution in [0.25, 0.3) is 0 Å². The number of alkyl halides is 1. The third-order valence-corrected chi connectivity index (χ3v) is 3.08. The second-order valence-corrected chi connectivity index (χ2v) is 4.63. The highest BCUT2D eigenvalue weighted by molar-refractivity contribution is 6.20. The maximum atomic E-state index is 13.0. The van der Waals surface area contributed by atoms with Crippen molar-refractivity contribution < 1.29 is 9.18 Å². The fraction of sp³-hybridized carbons (Fsp3) is 0.417. The molecule has 0 unspecified atom stereocenters. The van der Waals surface area contributed by atoms with Crippen LogP contribution < -0.4 is 4.90 Å². The number of carbonyl (C=O) groups is 1. The van der Waals surface area contributed by atoms with Gasteiger partial charge in [-0.05, 0) is 32.0 Å². The van der Waals surface area contributed by atoms with Crippen molar-refractivity contribution in [1.82, 2.24) is 0 Å². The van der Waals surface area contributed by atoms with Gasteiger partial charge in [0.2, 0.25) is 5.91 Å². The predicted molar refractivity (Wildman–Crippen MR) is 64.3 cm³/mol. The normalized spacial score (nSPS) is 11.3. The summed E-state index contributed by atoms with van der Waals surface area (Å²) in [5.74, 6) is -0.264. The molecule has 0 aliphatic rings. The first kappa shape index (κ1) is 13.0. The van der Waals surface area contributed by atoms with Crippen molar-refractivity contribution in [2.75, 3.05) is 17.8 Å². The van der Waals surface area contributed by atoms with Crippen molar-refractivity contribution in [3.8, 4) is 0 Å². The molecule has 0 saturated carbocycles. The Kier molecular flexibility index (Phi) is 3.92. The molecule has 0 saturated heterocycles. The molecule has 0 bridgehead atoms. The van der Waals surface area contributed by atoms with E-state index in [2.05, 4.69) is 0 Å². The summed E-state index contributed by atoms with van der Waals surface area (Å²) in [6, 6.07) is 5.92. The van der Waals surface area contributed by atoms with Crippen LogP contribution in [0.4, 0.5) is 10.1 Å². The first-order valence-corrected chi connectivity index (χ1v) is 5.51. The second kappa shape index (κ2) is 4.83. The topological polar surface area (TPSA) is 20.3 Å². The fourth-order valence-electron chi connectivity index (χ4n) is 1.31. The molecule has 1 aromatic rings. The summed E-state index contributed by atoms with van der Waals surface area (Å²) in [5.41, 5.74) is -0.119. The van der Waals surface area contributed by atoms with Gasteiger partial charge in [-0.3, -0.25) is 4.79 Å². The highest BCUT2D eigenvalue weighted by Gasteiger charge is 2.30. The smallest absolute Gasteiger partial charge is 0.233 e. The molecule has 88 valence electrons. The summed E-state index contributed by atoms with van der Waals surface area (Å²) in [5, 5.41) is 0. The van der Waals surface area contributed by atoms with Crippen molar-refractivity contribution in [2.24, 2.45) is 5.41 Å². The molecule has 2 nitrogen and oxygen atoms in total. The number of hydrogen-bond acceptors (Lipinski definition) is 1. The van der Waals surface area contributed by atoms with Gasteiger partial charge < -0.3 is 4.90 Å². The van der Waals surface area contributed by atoms with Crippen LogP contribution >= 0.6 is 11.6 Å². The Morgan fingerprint density at radius 1 is 1.50 bits per heavy atom. The summed E-state index contributed by atoms with van der Waals surface area (Å²) in [6.07, 6.45) is 0. The van der Waals surface area contributed by atoms with Crippen molar-refractivity contribution in [3.05, 3.63) is 30.1 Å². The van der Waals surface area contributed by atoms with E-state index in [-0.39, 0.29) is 17.6 Å². The summed E-state index contributed by atoms with van der Waals surface area (Å²) in [7, 11) is 1.62. The van der Waals surface area contributed by atoms with Crippen molar-refractivity contribution in [1.29, 1.82) is 0 Å². The molecule has 0 radical (unpaired) electrons. The molecular formula is C12H15ClFNO. The Morgan fingerprint density at radius 3 is 2.62 bits per heavy atom. The van der Waals surface area contributed by atoms with Gasteiger partial charge in [0.1, 0.15) is 5.82 Å². The minimum atomic E-state index is -0.650. The Labute approximate surface area is 100 Å². The number of hydrogen-bond donors (Lipinski definition) is 0. The van der Waals surface area contributed by atoms with E-state index in [9.17, 15) is 9.18 Å². The SMILES string of the molecule is CN(C(=O)C(C)(C)CCl)c1cccc(F)c1. The van der Waals surface area contributed by atoms with Gasteiger partial charge in [-0.25, -0.2) is 4.39 Å². The lowest BCUT2D eigenvalue weighted by molar-refractivity contribution is -0.125. The van der Waals surface area contributed by atoms with E-state index in [4.69, 9.17) is 11.6 Å². The summed E-state index contributed by atoms with van der Waals surface area (Å²) < 4.78 is 13.0. The first-order valence-electron chi connectivity index (χ1n) is 4.98. The molecule has 1 aromatic carbocycles. The van der Waals surface area contributed by atoms with E-state index in [1.807, 2.05) is 0 Å². The number of rotatable bonds is 3. The number of anilines is 1. The number of halogens is 2. The average molecular weight is 244 g/mol. The van der Waals surface area contributed by atoms with Gasteiger partial charge in [-0.1, -0.05) is 6.07 Å². The Morgan fingerprint density at radius 2 is 2.12 bits per heavy atom. The molecule has 0 aliphatic heterocycles. The van der Waals surface area contributed by atoms with Gasteiger partial charge in [0.25, 0.3) is 0 Å². The molecule has 0 spiro atoms. The van der Waals surface area contributed by atoms with Gasteiger partial charge in [0, 0.05) is 18.6 Å². The number of carbonyl (C=O) groups excluding carboxylic acids is 1. The lowest BCUT2D eigenvalue weighted by Gasteiger charge is -2.27. The van der Waals surface area contributed by atoms with Gasteiger partial charge in [0.15, 0.2) is 0 Å². The van der Waals surface area contributed by atoms with Crippen LogP contribution in [0.2, 0.25) is 0 Å². The minimum Gasteiger partial charge on any atom is -0.315 e. The molecule has 1 rings (SSSR count). The fourth-order valence-corrected chi connectivity index (χ4v) is 1.43. The molecule has 0 fully saturated rings. The van der Waals surface area contributed by atoms with Crippen LogP contribution in [-0.2, 0) is 4.79 Å². The van der Waals surface area contributed by atoms with Crippen molar-refractivity contribution >= 4 is 23.2 Å². The number of amides is 1. The average Bonchev–Trinajstić information content (AvgIpc) is 2.27. The van der Waals surface area contributed by atoms with E-state index >= 15 is 0 Å². The number of nitrogens with zero attached hydrogens (tertiary/aromatic N) is 1. The molecule has 1 amide bonds. The minimum absolute atomic E-state index is 0.131. The molecule has 0 atom stereocenters. The monoisotopic (exact) mass is 243 g/mol. The maximum absolute atomic E-state index is 13.0. The largest absolute Gasteiger partial charge is 0.315 e. The van der Waals surface area contributed by atoms with Gasteiger partial charge in [-0.15, -0.1) is 11.6 Å². The Hall–Kier alpha value is -1.09. The van der Waals surface area contributed by atoms with E-state index in [1.54, 1.807) is 33.0 Å². The van der Waals surface area contributed by atoms with Crippen LogP contribution in [0.15, 0.2) is 24.3 Å². The summed E-state index contributed by atoms with van der Waals surface area (Å²) >= 11 is 5.73. The standard InChI is InChI=1S/C12H15ClFNO/c1-12(2,8-13)11(16)15(3)10-6-4-5-9(14)7-10/h4-7H,8H2,1-3H3. The van der Waals surface area contributed by atoms with Crippen molar-refractivity contribution in [3.63, 3.8) is 0 Å². The molecular weight excluding hydrogens is 229 g/mol. The third kappa shape index (κ3) is 2.73. The molecule has 0 N–H and O–H groups in total. The zero-order chi connectivity index (χ0) is 12.3. The number of benzene rings is 1. The molecule has 16 heavy (non-hydrogen) atoms. The van der Waals surface area contributed by atoms with Gasteiger partial charge in [-0.2, -0.15) is 0 Å². The highest BCUT2D eigenvalue weighted by Crippen LogP contribution is 2.24. The zero-order valence-electron chi connectivity index (χ0n) is 9.63. The van der Waals surface area contributed by atoms with E-state index < -0.39 is 5.41 Å². The quantitative estimate of drug-likeness (QED) is 0.748. The zero-order valence-corrected chi connectivity index (χ0v) is 10.4. The first-order chi connectivity index (χ1) is 7.38. The van der Waals surface area contributed by atoms with E-state index in [0.29, 0.717) is 5.69 Å². The molecule has 4 heteroatoms. The van der Waals surface area contributed by atoms with Gasteiger partial charge >= 0.3 is 0 Å². The van der Waals surface area contributed by atoms with E-state index in [1.165, 1.54) is 17.0 Å². The van der Waals surface area contributed by atoms with Crippen LogP contribution in [-0.4, -0.2) is 18.8 Å². The van der Waals surface area contributed by atoms with Crippen LogP contribution in [0.1, 0.15) is 13.8 Å².